The molecule has 1 aliphatic heterocycles. The highest BCUT2D eigenvalue weighted by Crippen LogP contribution is 2.57. The molecule has 0 aliphatic carbocycles. The molecule has 5 atom stereocenters. The Morgan fingerprint density at radius 2 is 1.72 bits per heavy atom. The lowest BCUT2D eigenvalue weighted by Gasteiger charge is -2.17. The van der Waals surface area contributed by atoms with Crippen LogP contribution in [0.2, 0.25) is 0 Å². The fourth-order valence-electron chi connectivity index (χ4n) is 1.40. The Bertz CT molecular complexity index is 382. The van der Waals surface area contributed by atoms with E-state index in [2.05, 4.69) is 8.83 Å². The molecule has 5 N–H and O–H groups in total. The van der Waals surface area contributed by atoms with E-state index in [-0.39, 0.29) is 0 Å². The molecular formula is C5H13BO10P2. The molecule has 0 bridgehead atoms. The van der Waals surface area contributed by atoms with E-state index in [0.717, 1.165) is 0 Å². The molecule has 1 saturated heterocycles. The zero-order chi connectivity index (χ0) is 14.1. The van der Waals surface area contributed by atoms with E-state index >= 15 is 0 Å². The van der Waals surface area contributed by atoms with Gasteiger partial charge < -0.3 is 29.6 Å². The highest BCUT2D eigenvalue weighted by molar-refractivity contribution is 7.60. The summed E-state index contributed by atoms with van der Waals surface area (Å²) >= 11 is 0. The number of aliphatic hydroxyl groups is 2. The lowest BCUT2D eigenvalue weighted by atomic mass is 9.93. The molecular weight excluding hydrogens is 293 g/mol. The monoisotopic (exact) mass is 306 g/mol. The smallest absolute Gasteiger partial charge is 0.388 e. The number of aliphatic hydroxyl groups excluding tert-OH is 2. The molecule has 0 saturated carbocycles. The average Bonchev–Trinajstić information content (AvgIpc) is 2.39. The molecule has 0 spiro atoms. The van der Waals surface area contributed by atoms with Gasteiger partial charge in [0, 0.05) is 0 Å². The number of hydrogen-bond acceptors (Lipinski definition) is 7. The molecule has 1 aliphatic rings. The van der Waals surface area contributed by atoms with Crippen LogP contribution >= 0.6 is 15.6 Å². The first-order chi connectivity index (χ1) is 8.02. The van der Waals surface area contributed by atoms with Crippen molar-refractivity contribution in [2.45, 2.75) is 24.3 Å². The van der Waals surface area contributed by atoms with Crippen LogP contribution in [-0.4, -0.2) is 63.7 Å². The molecule has 0 aromatic heterocycles. The Balaban J connectivity index is 2.51. The van der Waals surface area contributed by atoms with Gasteiger partial charge in [-0.05, 0) is 0 Å². The number of hydrogen-bond donors (Lipinski definition) is 5. The maximum atomic E-state index is 11.1. The van der Waals surface area contributed by atoms with Crippen molar-refractivity contribution >= 4 is 23.5 Å². The van der Waals surface area contributed by atoms with Gasteiger partial charge in [0.2, 0.25) is 0 Å². The minimum absolute atomic E-state index is 0.670. The first-order valence-electron chi connectivity index (χ1n) is 4.77. The largest absolute Gasteiger partial charge is 0.481 e. The van der Waals surface area contributed by atoms with Gasteiger partial charge in [0.25, 0.3) is 0 Å². The summed E-state index contributed by atoms with van der Waals surface area (Å²) in [5.41, 5.74) is 0. The molecule has 10 nitrogen and oxygen atoms in total. The second-order valence-electron chi connectivity index (χ2n) is 3.70. The Kier molecular flexibility index (Phi) is 5.13. The molecule has 3 unspecified atom stereocenters. The summed E-state index contributed by atoms with van der Waals surface area (Å²) in [7, 11) is -8.68. The summed E-state index contributed by atoms with van der Waals surface area (Å²) in [6, 6.07) is -0.700. The summed E-state index contributed by atoms with van der Waals surface area (Å²) in [6.45, 7) is -0.670. The Morgan fingerprint density at radius 1 is 1.17 bits per heavy atom. The summed E-state index contributed by atoms with van der Waals surface area (Å²) in [4.78, 5) is 25.6. The standard InChI is InChI=1S/C5H13BO10P2/c6-5-4(8)3(7)2(15-5)1-14-18(12,13)16-17(9,10)11/h2-5,7-8H,1,6H2,(H,12,13)(H2,9,10,11)/t2-,3?,4?,5-/m1/s1. The predicted octanol–water partition coefficient (Wildman–Crippen LogP) is -2.71. The lowest BCUT2D eigenvalue weighted by Crippen LogP contribution is -2.34. The van der Waals surface area contributed by atoms with Crippen molar-refractivity contribution in [1.29, 1.82) is 0 Å². The van der Waals surface area contributed by atoms with Gasteiger partial charge in [-0.2, -0.15) is 4.31 Å². The first kappa shape index (κ1) is 16.3. The van der Waals surface area contributed by atoms with Gasteiger partial charge in [0.1, 0.15) is 26.2 Å². The summed E-state index contributed by atoms with van der Waals surface area (Å²) in [5, 5.41) is 18.8. The summed E-state index contributed by atoms with van der Waals surface area (Å²) < 4.78 is 34.2. The zero-order valence-electron chi connectivity index (χ0n) is 9.19. The van der Waals surface area contributed by atoms with Crippen LogP contribution in [0.4, 0.5) is 0 Å². The predicted molar refractivity (Wildman–Crippen MR) is 58.1 cm³/mol. The van der Waals surface area contributed by atoms with Crippen LogP contribution < -0.4 is 0 Å². The van der Waals surface area contributed by atoms with Gasteiger partial charge in [-0.3, -0.25) is 4.52 Å². The van der Waals surface area contributed by atoms with Crippen molar-refractivity contribution in [3.05, 3.63) is 0 Å². The van der Waals surface area contributed by atoms with Crippen LogP contribution in [0.5, 0.6) is 0 Å². The van der Waals surface area contributed by atoms with Crippen molar-refractivity contribution < 1.29 is 47.6 Å². The summed E-state index contributed by atoms with van der Waals surface area (Å²) in [6.07, 6.45) is -3.62. The van der Waals surface area contributed by atoms with Crippen LogP contribution in [0.3, 0.4) is 0 Å². The van der Waals surface area contributed by atoms with E-state index in [1.54, 1.807) is 0 Å². The molecule has 18 heavy (non-hydrogen) atoms. The van der Waals surface area contributed by atoms with Crippen LogP contribution in [0.1, 0.15) is 0 Å². The third kappa shape index (κ3) is 4.71. The number of ether oxygens (including phenoxy) is 1. The van der Waals surface area contributed by atoms with Gasteiger partial charge in [0.15, 0.2) is 0 Å². The maximum Gasteiger partial charge on any atom is 0.481 e. The van der Waals surface area contributed by atoms with Crippen molar-refractivity contribution in [1.82, 2.24) is 0 Å². The third-order valence-corrected chi connectivity index (χ3v) is 4.36. The van der Waals surface area contributed by atoms with E-state index < -0.39 is 46.6 Å². The van der Waals surface area contributed by atoms with Crippen molar-refractivity contribution in [2.75, 3.05) is 6.61 Å². The van der Waals surface area contributed by atoms with E-state index in [9.17, 15) is 19.3 Å². The molecule has 13 heteroatoms. The highest BCUT2D eigenvalue weighted by Gasteiger charge is 2.42. The minimum Gasteiger partial charge on any atom is -0.388 e. The number of phosphoric acid groups is 2. The molecule has 1 heterocycles. The second-order valence-corrected chi connectivity index (χ2v) is 6.53. The quantitative estimate of drug-likeness (QED) is 0.266. The normalized spacial score (nSPS) is 36.5. The second kappa shape index (κ2) is 5.68. The van der Waals surface area contributed by atoms with Gasteiger partial charge >= 0.3 is 15.6 Å². The molecule has 0 aromatic rings. The Morgan fingerprint density at radius 3 is 2.11 bits per heavy atom. The summed E-state index contributed by atoms with van der Waals surface area (Å²) in [5.74, 6) is 0. The molecule has 106 valence electrons. The fraction of sp³-hybridized carbons (Fsp3) is 1.00. The molecule has 1 fully saturated rings. The zero-order valence-corrected chi connectivity index (χ0v) is 11.0. The van der Waals surface area contributed by atoms with Crippen LogP contribution in [0, 0.1) is 0 Å². The third-order valence-electron chi connectivity index (χ3n) is 2.21. The SMILES string of the molecule is B[C@@H]1O[C@H](COP(=O)(O)OP(=O)(O)O)C(O)C1O. The van der Waals surface area contributed by atoms with E-state index in [4.69, 9.17) is 19.4 Å². The topological polar surface area (TPSA) is 163 Å². The van der Waals surface area contributed by atoms with Crippen LogP contribution in [-0.2, 0) is 22.7 Å². The first-order valence-corrected chi connectivity index (χ1v) is 7.80. The molecule has 0 aromatic carbocycles. The molecule has 0 radical (unpaired) electrons. The molecule has 0 amide bonds. The van der Waals surface area contributed by atoms with Gasteiger partial charge in [-0.25, -0.2) is 9.13 Å². The fourth-order valence-corrected chi connectivity index (χ4v) is 3.00. The number of phosphoric ester groups is 1. The number of rotatable bonds is 5. The lowest BCUT2D eigenvalue weighted by molar-refractivity contribution is -0.00870. The van der Waals surface area contributed by atoms with Crippen molar-refractivity contribution in [2.24, 2.45) is 0 Å². The Hall–Kier alpha value is 0.205. The van der Waals surface area contributed by atoms with E-state index in [0.29, 0.717) is 0 Å². The van der Waals surface area contributed by atoms with Crippen molar-refractivity contribution in [3.8, 4) is 0 Å². The highest BCUT2D eigenvalue weighted by atomic mass is 31.3. The van der Waals surface area contributed by atoms with Gasteiger partial charge in [-0.1, -0.05) is 0 Å². The molecule has 1 rings (SSSR count). The van der Waals surface area contributed by atoms with Gasteiger partial charge in [0.05, 0.1) is 12.6 Å². The minimum atomic E-state index is -5.18. The van der Waals surface area contributed by atoms with E-state index in [1.165, 1.54) is 7.85 Å². The van der Waals surface area contributed by atoms with Gasteiger partial charge in [-0.15, -0.1) is 0 Å². The average molecular weight is 306 g/mol. The van der Waals surface area contributed by atoms with Crippen LogP contribution in [0.25, 0.3) is 0 Å². The van der Waals surface area contributed by atoms with E-state index in [1.807, 2.05) is 0 Å². The van der Waals surface area contributed by atoms with Crippen molar-refractivity contribution in [3.63, 3.8) is 0 Å². The Labute approximate surface area is 103 Å². The maximum absolute atomic E-state index is 11.1. The van der Waals surface area contributed by atoms with Crippen LogP contribution in [0.15, 0.2) is 0 Å².